The summed E-state index contributed by atoms with van der Waals surface area (Å²) in [5.74, 6) is 0.460. The fraction of sp³-hybridized carbons (Fsp3) is 0.238. The number of hydrogen-bond donors (Lipinski definition) is 1. The van der Waals surface area contributed by atoms with Crippen molar-refractivity contribution in [2.75, 3.05) is 5.73 Å². The third-order valence-corrected chi connectivity index (χ3v) is 4.84. The molecule has 140 valence electrons. The second kappa shape index (κ2) is 6.82. The molecule has 2 N–H and O–H groups in total. The molecule has 0 aliphatic carbocycles. The van der Waals surface area contributed by atoms with Crippen LogP contribution in [0.2, 0.25) is 0 Å². The van der Waals surface area contributed by atoms with Crippen molar-refractivity contribution >= 4 is 11.9 Å². The number of hydrogen-bond acceptors (Lipinski definition) is 6. The zero-order valence-corrected chi connectivity index (χ0v) is 16.0. The Hall–Kier alpha value is -3.66. The summed E-state index contributed by atoms with van der Waals surface area (Å²) in [6.07, 6.45) is 5.98. The first kappa shape index (κ1) is 17.7. The second-order valence-corrected chi connectivity index (χ2v) is 6.86. The molecule has 7 nitrogen and oxygen atoms in total. The lowest BCUT2D eigenvalue weighted by atomic mass is 9.97. The molecule has 0 spiro atoms. The number of nitrogens with zero attached hydrogens (tertiary/aromatic N) is 5. The predicted octanol–water partition coefficient (Wildman–Crippen LogP) is 3.35. The van der Waals surface area contributed by atoms with E-state index in [1.54, 1.807) is 17.9 Å². The molecule has 0 saturated heterocycles. The maximum absolute atomic E-state index is 9.60. The van der Waals surface area contributed by atoms with Crippen molar-refractivity contribution in [1.82, 2.24) is 19.7 Å². The average molecular weight is 372 g/mol. The quantitative estimate of drug-likeness (QED) is 0.649. The fourth-order valence-corrected chi connectivity index (χ4v) is 3.44. The molecule has 7 heteroatoms. The van der Waals surface area contributed by atoms with E-state index < -0.39 is 0 Å². The van der Waals surface area contributed by atoms with Crippen molar-refractivity contribution in [1.29, 1.82) is 5.26 Å². The molecule has 3 heterocycles. The number of anilines is 1. The monoisotopic (exact) mass is 372 g/mol. The van der Waals surface area contributed by atoms with E-state index >= 15 is 0 Å². The van der Waals surface area contributed by atoms with E-state index in [2.05, 4.69) is 46.3 Å². The Morgan fingerprint density at radius 3 is 2.96 bits per heavy atom. The second-order valence-electron chi connectivity index (χ2n) is 6.86. The smallest absolute Gasteiger partial charge is 0.258 e. The molecule has 4 rings (SSSR count). The van der Waals surface area contributed by atoms with Gasteiger partial charge < -0.3 is 10.5 Å². The highest BCUT2D eigenvalue weighted by Gasteiger charge is 2.22. The number of nitrogen functional groups attached to an aromatic ring is 1. The summed E-state index contributed by atoms with van der Waals surface area (Å²) < 4.78 is 7.65. The molecule has 3 aromatic rings. The number of ether oxygens (including phenoxy) is 1. The lowest BCUT2D eigenvalue weighted by molar-refractivity contribution is 0.217. The van der Waals surface area contributed by atoms with Crippen LogP contribution in [-0.2, 0) is 13.5 Å². The van der Waals surface area contributed by atoms with Gasteiger partial charge in [-0.2, -0.15) is 10.4 Å². The minimum Gasteiger partial charge on any atom is -0.467 e. The van der Waals surface area contributed by atoms with E-state index in [9.17, 15) is 5.26 Å². The fourth-order valence-electron chi connectivity index (χ4n) is 3.44. The van der Waals surface area contributed by atoms with Crippen LogP contribution in [-0.4, -0.2) is 19.7 Å². The van der Waals surface area contributed by atoms with Crippen molar-refractivity contribution in [3.63, 3.8) is 0 Å². The Kier molecular flexibility index (Phi) is 4.32. The molecule has 0 amide bonds. The van der Waals surface area contributed by atoms with Crippen LogP contribution in [0.25, 0.3) is 17.3 Å². The molecule has 0 radical (unpaired) electrons. The summed E-state index contributed by atoms with van der Waals surface area (Å²) in [5, 5.41) is 14.1. The molecule has 0 unspecified atom stereocenters. The minimum atomic E-state index is -0.251. The summed E-state index contributed by atoms with van der Waals surface area (Å²) >= 11 is 0. The molecular weight excluding hydrogens is 352 g/mol. The maximum atomic E-state index is 9.60. The number of aromatic nitrogens is 4. The Balaban J connectivity index is 1.96. The van der Waals surface area contributed by atoms with Gasteiger partial charge in [-0.15, -0.1) is 0 Å². The third kappa shape index (κ3) is 2.99. The molecule has 28 heavy (non-hydrogen) atoms. The van der Waals surface area contributed by atoms with E-state index in [0.29, 0.717) is 22.6 Å². The van der Waals surface area contributed by atoms with Crippen LogP contribution in [0, 0.1) is 18.3 Å². The third-order valence-electron chi connectivity index (χ3n) is 4.84. The topological polar surface area (TPSA) is 103 Å². The van der Waals surface area contributed by atoms with E-state index in [1.165, 1.54) is 0 Å². The average Bonchev–Trinajstić information content (AvgIpc) is 2.99. The van der Waals surface area contributed by atoms with Gasteiger partial charge in [0.15, 0.2) is 5.82 Å². The molecule has 1 atom stereocenters. The number of rotatable bonds is 0. The van der Waals surface area contributed by atoms with E-state index in [4.69, 9.17) is 10.5 Å². The molecule has 1 aliphatic heterocycles. The van der Waals surface area contributed by atoms with Crippen LogP contribution in [0.5, 0.6) is 5.88 Å². The first-order chi connectivity index (χ1) is 13.5. The maximum Gasteiger partial charge on any atom is 0.258 e. The first-order valence-corrected chi connectivity index (χ1v) is 9.00. The minimum absolute atomic E-state index is 0.210. The molecule has 0 fully saturated rings. The molecule has 1 aliphatic rings. The van der Waals surface area contributed by atoms with Gasteiger partial charge in [0, 0.05) is 7.05 Å². The number of allylic oxidation sites excluding steroid dienone is 1. The molecule has 0 saturated carbocycles. The van der Waals surface area contributed by atoms with Crippen molar-refractivity contribution in [3.05, 3.63) is 58.6 Å². The highest BCUT2D eigenvalue weighted by molar-refractivity contribution is 5.76. The molecule has 1 aromatic carbocycles. The zero-order chi connectivity index (χ0) is 19.8. The number of aryl methyl sites for hydroxylation is 2. The number of benzene rings is 1. The van der Waals surface area contributed by atoms with Gasteiger partial charge in [-0.25, -0.2) is 9.97 Å². The van der Waals surface area contributed by atoms with Gasteiger partial charge in [0.05, 0.1) is 23.1 Å². The number of nitrogens with two attached hydrogens (primary N) is 1. The van der Waals surface area contributed by atoms with Crippen LogP contribution in [0.1, 0.15) is 41.1 Å². The Morgan fingerprint density at radius 2 is 2.18 bits per heavy atom. The Bertz CT molecular complexity index is 1140. The molecule has 2 bridgehead atoms. The van der Waals surface area contributed by atoms with Gasteiger partial charge in [0.2, 0.25) is 0 Å². The predicted molar refractivity (Wildman–Crippen MR) is 106 cm³/mol. The van der Waals surface area contributed by atoms with Crippen molar-refractivity contribution < 1.29 is 4.74 Å². The van der Waals surface area contributed by atoms with Gasteiger partial charge in [0.25, 0.3) is 5.88 Å². The summed E-state index contributed by atoms with van der Waals surface area (Å²) in [6, 6.07) is 8.50. The molecular formula is C21H20N6O. The number of fused-ring (bicyclic) bond motifs is 5. The van der Waals surface area contributed by atoms with Gasteiger partial charge in [-0.3, -0.25) is 4.68 Å². The Morgan fingerprint density at radius 1 is 1.36 bits per heavy atom. The zero-order valence-electron chi connectivity index (χ0n) is 16.0. The van der Waals surface area contributed by atoms with Crippen LogP contribution in [0.15, 0.2) is 30.5 Å². The van der Waals surface area contributed by atoms with Crippen LogP contribution < -0.4 is 10.5 Å². The first-order valence-electron chi connectivity index (χ1n) is 9.00. The summed E-state index contributed by atoms with van der Waals surface area (Å²) in [6.45, 7) is 4.02. The highest BCUT2D eigenvalue weighted by Crippen LogP contribution is 2.32. The van der Waals surface area contributed by atoms with E-state index in [0.717, 1.165) is 23.1 Å². The van der Waals surface area contributed by atoms with Gasteiger partial charge >= 0.3 is 0 Å². The van der Waals surface area contributed by atoms with Gasteiger partial charge in [-0.1, -0.05) is 29.8 Å². The normalized spacial score (nSPS) is 16.6. The van der Waals surface area contributed by atoms with Crippen molar-refractivity contribution in [2.45, 2.75) is 26.4 Å². The highest BCUT2D eigenvalue weighted by atomic mass is 16.5. The van der Waals surface area contributed by atoms with Crippen molar-refractivity contribution in [3.8, 4) is 23.2 Å². The summed E-state index contributed by atoms with van der Waals surface area (Å²) in [7, 11) is 1.74. The summed E-state index contributed by atoms with van der Waals surface area (Å²) in [5.41, 5.74) is 11.6. The van der Waals surface area contributed by atoms with E-state index in [-0.39, 0.29) is 17.8 Å². The van der Waals surface area contributed by atoms with Crippen LogP contribution in [0.4, 0.5) is 5.82 Å². The largest absolute Gasteiger partial charge is 0.467 e. The summed E-state index contributed by atoms with van der Waals surface area (Å²) in [4.78, 5) is 8.81. The van der Waals surface area contributed by atoms with Crippen molar-refractivity contribution in [2.24, 2.45) is 7.05 Å². The van der Waals surface area contributed by atoms with E-state index in [1.807, 2.05) is 19.1 Å². The standard InChI is InChI=1S/C21H20N6O/c1-12-7-8-14-5-4-6-16-19(18(10-22)27(3)26-16)17-11-24-20(23)21(25-17)28-13(2)15(14)9-12/h4,6-9,11,13H,5H2,1-3H3,(H2,23,24)/b6-4+/t13-/m1/s1. The van der Waals surface area contributed by atoms with Crippen LogP contribution in [0.3, 0.4) is 0 Å². The lowest BCUT2D eigenvalue weighted by Gasteiger charge is -2.19. The van der Waals surface area contributed by atoms with Crippen LogP contribution >= 0.6 is 0 Å². The van der Waals surface area contributed by atoms with Gasteiger partial charge in [0.1, 0.15) is 17.9 Å². The Labute approximate surface area is 163 Å². The van der Waals surface area contributed by atoms with Gasteiger partial charge in [-0.05, 0) is 37.5 Å². The lowest BCUT2D eigenvalue weighted by Crippen LogP contribution is -2.10. The SMILES string of the molecule is Cc1ccc2c(c1)[C@@H](C)Oc1nc(cnc1N)-c1c(nn(C)c1C#N)/C=C/C2. The molecule has 2 aromatic heterocycles. The number of nitriles is 1.